The highest BCUT2D eigenvalue weighted by molar-refractivity contribution is 5.87. The molecule has 0 amide bonds. The van der Waals surface area contributed by atoms with Gasteiger partial charge >= 0.3 is 0 Å². The number of anilines is 1. The van der Waals surface area contributed by atoms with Crippen LogP contribution in [0.2, 0.25) is 0 Å². The molecule has 96 valence electrons. The minimum Gasteiger partial charge on any atom is -0.370 e. The van der Waals surface area contributed by atoms with E-state index in [1.165, 1.54) is 16.8 Å². The van der Waals surface area contributed by atoms with E-state index < -0.39 is 0 Å². The third kappa shape index (κ3) is 1.83. The van der Waals surface area contributed by atoms with Crippen molar-refractivity contribution < 1.29 is 4.79 Å². The number of carbonyl (C=O) groups excluding carboxylic acids is 1. The molecule has 0 aliphatic carbocycles. The van der Waals surface area contributed by atoms with Crippen LogP contribution in [0.5, 0.6) is 0 Å². The van der Waals surface area contributed by atoms with Crippen molar-refractivity contribution in [2.24, 2.45) is 11.8 Å². The molecular weight excluding hydrogens is 224 g/mol. The van der Waals surface area contributed by atoms with Crippen LogP contribution in [-0.2, 0) is 4.79 Å². The van der Waals surface area contributed by atoms with Gasteiger partial charge in [-0.2, -0.15) is 0 Å². The highest BCUT2D eigenvalue weighted by Gasteiger charge is 2.38. The number of piperidine rings is 2. The van der Waals surface area contributed by atoms with Crippen LogP contribution in [0.1, 0.15) is 11.1 Å². The fourth-order valence-corrected chi connectivity index (χ4v) is 3.16. The number of benzene rings is 1. The van der Waals surface area contributed by atoms with E-state index in [1.807, 2.05) is 0 Å². The SMILES string of the molecule is Cc1cccc(N2CC3CNCC(C2)C3=O)c1C. The van der Waals surface area contributed by atoms with Crippen LogP contribution in [0.4, 0.5) is 5.69 Å². The average molecular weight is 244 g/mol. The Morgan fingerprint density at radius 2 is 1.83 bits per heavy atom. The van der Waals surface area contributed by atoms with E-state index in [0.717, 1.165) is 26.2 Å². The largest absolute Gasteiger partial charge is 0.370 e. The van der Waals surface area contributed by atoms with Crippen LogP contribution < -0.4 is 10.2 Å². The van der Waals surface area contributed by atoms with Gasteiger partial charge in [0.1, 0.15) is 5.78 Å². The van der Waals surface area contributed by atoms with Gasteiger partial charge in [0.15, 0.2) is 0 Å². The van der Waals surface area contributed by atoms with Crippen molar-refractivity contribution in [1.82, 2.24) is 5.32 Å². The smallest absolute Gasteiger partial charge is 0.145 e. The predicted octanol–water partition coefficient (Wildman–Crippen LogP) is 1.53. The highest BCUT2D eigenvalue weighted by Crippen LogP contribution is 2.29. The van der Waals surface area contributed by atoms with Crippen LogP contribution in [0.25, 0.3) is 0 Å². The van der Waals surface area contributed by atoms with Gasteiger partial charge in [0.2, 0.25) is 0 Å². The Bertz CT molecular complexity index is 467. The van der Waals surface area contributed by atoms with Gasteiger partial charge in [-0.05, 0) is 31.0 Å². The lowest BCUT2D eigenvalue weighted by Crippen LogP contribution is -2.57. The quantitative estimate of drug-likeness (QED) is 0.813. The Balaban J connectivity index is 1.90. The first-order valence-corrected chi connectivity index (χ1v) is 6.72. The first-order valence-electron chi connectivity index (χ1n) is 6.72. The molecule has 0 radical (unpaired) electrons. The fraction of sp³-hybridized carbons (Fsp3) is 0.533. The monoisotopic (exact) mass is 244 g/mol. The van der Waals surface area contributed by atoms with Gasteiger partial charge in [-0.1, -0.05) is 12.1 Å². The topological polar surface area (TPSA) is 32.3 Å². The van der Waals surface area contributed by atoms with Crippen molar-refractivity contribution in [2.45, 2.75) is 13.8 Å². The van der Waals surface area contributed by atoms with Gasteiger partial charge < -0.3 is 10.2 Å². The lowest BCUT2D eigenvalue weighted by atomic mass is 9.84. The summed E-state index contributed by atoms with van der Waals surface area (Å²) in [6.45, 7) is 7.75. The molecule has 2 aliphatic heterocycles. The number of Topliss-reactive ketones (excluding diaryl/α,β-unsaturated/α-hetero) is 1. The van der Waals surface area contributed by atoms with E-state index in [4.69, 9.17) is 0 Å². The minimum absolute atomic E-state index is 0.178. The molecule has 2 aliphatic rings. The first kappa shape index (κ1) is 11.7. The molecular formula is C15H20N2O. The minimum atomic E-state index is 0.178. The zero-order chi connectivity index (χ0) is 12.7. The second-order valence-corrected chi connectivity index (χ2v) is 5.58. The van der Waals surface area contributed by atoms with Crippen molar-refractivity contribution in [3.63, 3.8) is 0 Å². The Kier molecular flexibility index (Phi) is 2.86. The molecule has 1 aromatic carbocycles. The van der Waals surface area contributed by atoms with E-state index in [1.54, 1.807) is 0 Å². The van der Waals surface area contributed by atoms with Gasteiger partial charge in [-0.25, -0.2) is 0 Å². The molecule has 2 saturated heterocycles. The number of nitrogens with one attached hydrogen (secondary N) is 1. The standard InChI is InChI=1S/C15H20N2O/c1-10-4-3-5-14(11(10)2)17-8-12-6-16-7-13(9-17)15(12)18/h3-5,12-13,16H,6-9H2,1-2H3. The summed E-state index contributed by atoms with van der Waals surface area (Å²) in [6, 6.07) is 6.44. The van der Waals surface area contributed by atoms with Gasteiger partial charge in [-0.3, -0.25) is 4.79 Å². The van der Waals surface area contributed by atoms with E-state index >= 15 is 0 Å². The van der Waals surface area contributed by atoms with Crippen molar-refractivity contribution in [3.05, 3.63) is 29.3 Å². The van der Waals surface area contributed by atoms with E-state index in [9.17, 15) is 4.79 Å². The summed E-state index contributed by atoms with van der Waals surface area (Å²) in [7, 11) is 0. The number of carbonyl (C=O) groups is 1. The molecule has 1 aromatic rings. The third-order valence-electron chi connectivity index (χ3n) is 4.38. The van der Waals surface area contributed by atoms with Gasteiger partial charge in [0.25, 0.3) is 0 Å². The number of hydrogen-bond donors (Lipinski definition) is 1. The maximum absolute atomic E-state index is 12.1. The molecule has 2 heterocycles. The lowest BCUT2D eigenvalue weighted by Gasteiger charge is -2.42. The fourth-order valence-electron chi connectivity index (χ4n) is 3.16. The molecule has 1 N–H and O–H groups in total. The highest BCUT2D eigenvalue weighted by atomic mass is 16.1. The van der Waals surface area contributed by atoms with E-state index in [-0.39, 0.29) is 11.8 Å². The first-order chi connectivity index (χ1) is 8.66. The summed E-state index contributed by atoms with van der Waals surface area (Å²) < 4.78 is 0. The molecule has 2 atom stereocenters. The molecule has 2 fully saturated rings. The molecule has 0 saturated carbocycles. The summed E-state index contributed by atoms with van der Waals surface area (Å²) in [5.74, 6) is 0.824. The molecule has 18 heavy (non-hydrogen) atoms. The van der Waals surface area contributed by atoms with Crippen molar-refractivity contribution >= 4 is 11.5 Å². The normalized spacial score (nSPS) is 27.4. The Hall–Kier alpha value is -1.35. The summed E-state index contributed by atoms with van der Waals surface area (Å²) >= 11 is 0. The van der Waals surface area contributed by atoms with Crippen molar-refractivity contribution in [3.8, 4) is 0 Å². The predicted molar refractivity (Wildman–Crippen MR) is 73.0 cm³/mol. The lowest BCUT2D eigenvalue weighted by molar-refractivity contribution is -0.129. The van der Waals surface area contributed by atoms with Crippen molar-refractivity contribution in [1.29, 1.82) is 0 Å². The third-order valence-corrected chi connectivity index (χ3v) is 4.38. The number of aryl methyl sites for hydroxylation is 1. The Morgan fingerprint density at radius 1 is 1.17 bits per heavy atom. The van der Waals surface area contributed by atoms with Gasteiger partial charge in [0, 0.05) is 43.7 Å². The molecule has 3 rings (SSSR count). The van der Waals surface area contributed by atoms with E-state index in [0.29, 0.717) is 5.78 Å². The zero-order valence-electron chi connectivity index (χ0n) is 11.1. The van der Waals surface area contributed by atoms with Gasteiger partial charge in [0.05, 0.1) is 0 Å². The summed E-state index contributed by atoms with van der Waals surface area (Å²) in [4.78, 5) is 14.5. The molecule has 3 heteroatoms. The average Bonchev–Trinajstić information content (AvgIpc) is 2.33. The molecule has 2 bridgehead atoms. The molecule has 0 spiro atoms. The molecule has 2 unspecified atom stereocenters. The number of rotatable bonds is 1. The van der Waals surface area contributed by atoms with Crippen LogP contribution in [0.3, 0.4) is 0 Å². The Labute approximate surface area is 108 Å². The molecule has 0 aromatic heterocycles. The summed E-state index contributed by atoms with van der Waals surface area (Å²) in [5, 5.41) is 3.37. The molecule has 3 nitrogen and oxygen atoms in total. The number of hydrogen-bond acceptors (Lipinski definition) is 3. The van der Waals surface area contributed by atoms with Crippen LogP contribution >= 0.6 is 0 Å². The second kappa shape index (κ2) is 4.39. The number of fused-ring (bicyclic) bond motifs is 2. The van der Waals surface area contributed by atoms with Crippen molar-refractivity contribution in [2.75, 3.05) is 31.1 Å². The maximum Gasteiger partial charge on any atom is 0.145 e. The van der Waals surface area contributed by atoms with Crippen LogP contribution in [-0.4, -0.2) is 32.0 Å². The summed E-state index contributed by atoms with van der Waals surface area (Å²) in [5.41, 5.74) is 3.98. The number of ketones is 1. The van der Waals surface area contributed by atoms with Crippen LogP contribution in [0, 0.1) is 25.7 Å². The second-order valence-electron chi connectivity index (χ2n) is 5.58. The summed E-state index contributed by atoms with van der Waals surface area (Å²) in [6.07, 6.45) is 0. The van der Waals surface area contributed by atoms with Crippen LogP contribution in [0.15, 0.2) is 18.2 Å². The maximum atomic E-state index is 12.1. The van der Waals surface area contributed by atoms with E-state index in [2.05, 4.69) is 42.3 Å². The Morgan fingerprint density at radius 3 is 2.50 bits per heavy atom. The zero-order valence-corrected chi connectivity index (χ0v) is 11.1. The van der Waals surface area contributed by atoms with Gasteiger partial charge in [-0.15, -0.1) is 0 Å². The number of nitrogens with zero attached hydrogens (tertiary/aromatic N) is 1.